The lowest BCUT2D eigenvalue weighted by molar-refractivity contribution is -0.119. The highest BCUT2D eigenvalue weighted by molar-refractivity contribution is 7.11. The summed E-state index contributed by atoms with van der Waals surface area (Å²) in [6.07, 6.45) is 3.55. The summed E-state index contributed by atoms with van der Waals surface area (Å²) >= 11 is 1.66. The Balaban J connectivity index is 1.84. The van der Waals surface area contributed by atoms with Crippen LogP contribution in [0.2, 0.25) is 0 Å². The van der Waals surface area contributed by atoms with Crippen molar-refractivity contribution in [2.24, 2.45) is 5.92 Å². The van der Waals surface area contributed by atoms with Gasteiger partial charge in [0.1, 0.15) is 10.8 Å². The summed E-state index contributed by atoms with van der Waals surface area (Å²) < 4.78 is 0. The Hall–Kier alpha value is -0.740. The van der Waals surface area contributed by atoms with E-state index in [1.54, 1.807) is 11.3 Å². The zero-order valence-corrected chi connectivity index (χ0v) is 11.4. The van der Waals surface area contributed by atoms with Gasteiger partial charge in [0.15, 0.2) is 0 Å². The molecule has 0 radical (unpaired) electrons. The molecule has 1 aliphatic heterocycles. The van der Waals surface area contributed by atoms with E-state index >= 15 is 0 Å². The van der Waals surface area contributed by atoms with E-state index in [1.165, 1.54) is 4.88 Å². The van der Waals surface area contributed by atoms with E-state index in [4.69, 9.17) is 0 Å². The monoisotopic (exact) mass is 252 g/mol. The van der Waals surface area contributed by atoms with Gasteiger partial charge in [0.05, 0.1) is 12.1 Å². The third-order valence-corrected chi connectivity index (χ3v) is 4.47. The minimum Gasteiger partial charge on any atom is -0.317 e. The van der Waals surface area contributed by atoms with E-state index in [1.807, 2.05) is 6.92 Å². The molecule has 1 saturated heterocycles. The van der Waals surface area contributed by atoms with Crippen LogP contribution in [0, 0.1) is 19.8 Å². The summed E-state index contributed by atoms with van der Waals surface area (Å²) in [5.74, 6) is 0.941. The van der Waals surface area contributed by atoms with Gasteiger partial charge < -0.3 is 5.32 Å². The summed E-state index contributed by atoms with van der Waals surface area (Å²) in [6.45, 7) is 6.20. The topological polar surface area (TPSA) is 42.0 Å². The number of piperidine rings is 1. The van der Waals surface area contributed by atoms with Gasteiger partial charge in [-0.05, 0) is 45.7 Å². The van der Waals surface area contributed by atoms with E-state index in [-0.39, 0.29) is 0 Å². The van der Waals surface area contributed by atoms with Crippen LogP contribution in [0.4, 0.5) is 0 Å². The molecule has 1 fully saturated rings. The minimum atomic E-state index is 0.352. The first-order chi connectivity index (χ1) is 8.15. The smallest absolute Gasteiger partial charge is 0.139 e. The molecule has 0 aliphatic carbocycles. The number of carbonyl (C=O) groups excluding carboxylic acids is 1. The summed E-state index contributed by atoms with van der Waals surface area (Å²) in [6, 6.07) is 0. The quantitative estimate of drug-likeness (QED) is 0.893. The maximum Gasteiger partial charge on any atom is 0.139 e. The molecule has 0 aromatic carbocycles. The largest absolute Gasteiger partial charge is 0.317 e. The number of hydrogen-bond acceptors (Lipinski definition) is 4. The molecular formula is C13H20N2OS. The average molecular weight is 252 g/mol. The fourth-order valence-electron chi connectivity index (χ4n) is 2.26. The molecule has 4 heteroatoms. The first-order valence-corrected chi connectivity index (χ1v) is 7.12. The first kappa shape index (κ1) is 12.7. The molecule has 2 heterocycles. The highest BCUT2D eigenvalue weighted by atomic mass is 32.1. The second-order valence-electron chi connectivity index (χ2n) is 4.86. The summed E-state index contributed by atoms with van der Waals surface area (Å²) in [7, 11) is 0. The Morgan fingerprint density at radius 2 is 2.12 bits per heavy atom. The van der Waals surface area contributed by atoms with E-state index in [9.17, 15) is 4.79 Å². The predicted molar refractivity (Wildman–Crippen MR) is 70.5 cm³/mol. The Morgan fingerprint density at radius 1 is 1.41 bits per heavy atom. The predicted octanol–water partition coefficient (Wildman–Crippen LogP) is 2.26. The van der Waals surface area contributed by atoms with Crippen LogP contribution in [0.3, 0.4) is 0 Å². The second kappa shape index (κ2) is 5.74. The van der Waals surface area contributed by atoms with Crippen LogP contribution in [-0.2, 0) is 11.2 Å². The molecule has 94 valence electrons. The van der Waals surface area contributed by atoms with Crippen LogP contribution in [0.15, 0.2) is 0 Å². The molecule has 17 heavy (non-hydrogen) atoms. The summed E-state index contributed by atoms with van der Waals surface area (Å²) in [5.41, 5.74) is 1.07. The number of thiazole rings is 1. The van der Waals surface area contributed by atoms with Crippen molar-refractivity contribution in [1.29, 1.82) is 0 Å². The molecule has 0 saturated carbocycles. The van der Waals surface area contributed by atoms with Gasteiger partial charge in [-0.15, -0.1) is 11.3 Å². The molecule has 0 unspecified atom stereocenters. The number of carbonyl (C=O) groups is 1. The lowest BCUT2D eigenvalue weighted by atomic mass is 9.92. The summed E-state index contributed by atoms with van der Waals surface area (Å²) in [5, 5.41) is 4.31. The standard InChI is InChI=1S/C13H20N2OS/c1-9-10(2)17-13(15-9)8-12(16)7-11-3-5-14-6-4-11/h11,14H,3-8H2,1-2H3. The summed E-state index contributed by atoms with van der Waals surface area (Å²) in [4.78, 5) is 17.6. The molecule has 2 rings (SSSR count). The van der Waals surface area contributed by atoms with Gasteiger partial charge in [-0.1, -0.05) is 0 Å². The number of nitrogens with one attached hydrogen (secondary N) is 1. The van der Waals surface area contributed by atoms with Crippen molar-refractivity contribution in [1.82, 2.24) is 10.3 Å². The van der Waals surface area contributed by atoms with Crippen molar-refractivity contribution < 1.29 is 4.79 Å². The van der Waals surface area contributed by atoms with Gasteiger partial charge in [-0.3, -0.25) is 4.79 Å². The fourth-order valence-corrected chi connectivity index (χ4v) is 3.23. The lowest BCUT2D eigenvalue weighted by Gasteiger charge is -2.21. The Morgan fingerprint density at radius 3 is 2.71 bits per heavy atom. The number of nitrogens with zero attached hydrogens (tertiary/aromatic N) is 1. The van der Waals surface area contributed by atoms with E-state index in [0.29, 0.717) is 18.1 Å². The first-order valence-electron chi connectivity index (χ1n) is 6.30. The van der Waals surface area contributed by atoms with Gasteiger partial charge in [-0.2, -0.15) is 0 Å². The molecule has 0 spiro atoms. The molecule has 0 amide bonds. The highest BCUT2D eigenvalue weighted by Gasteiger charge is 2.18. The van der Waals surface area contributed by atoms with E-state index in [2.05, 4.69) is 17.2 Å². The van der Waals surface area contributed by atoms with Crippen molar-refractivity contribution in [3.63, 3.8) is 0 Å². The normalized spacial score (nSPS) is 17.3. The van der Waals surface area contributed by atoms with Crippen LogP contribution in [0.1, 0.15) is 34.8 Å². The molecule has 0 bridgehead atoms. The van der Waals surface area contributed by atoms with Crippen LogP contribution in [-0.4, -0.2) is 23.9 Å². The van der Waals surface area contributed by atoms with Crippen LogP contribution >= 0.6 is 11.3 Å². The average Bonchev–Trinajstić information content (AvgIpc) is 2.59. The zero-order valence-electron chi connectivity index (χ0n) is 10.6. The highest BCUT2D eigenvalue weighted by Crippen LogP contribution is 2.20. The molecule has 0 atom stereocenters. The van der Waals surface area contributed by atoms with Crippen molar-refractivity contribution in [3.05, 3.63) is 15.6 Å². The number of aromatic nitrogens is 1. The van der Waals surface area contributed by atoms with Gasteiger partial charge in [0.25, 0.3) is 0 Å². The Labute approximate surface area is 107 Å². The third kappa shape index (κ3) is 3.61. The van der Waals surface area contributed by atoms with Crippen LogP contribution < -0.4 is 5.32 Å². The third-order valence-electron chi connectivity index (χ3n) is 3.40. The maximum absolute atomic E-state index is 11.9. The maximum atomic E-state index is 11.9. The Kier molecular flexibility index (Phi) is 4.29. The van der Waals surface area contributed by atoms with Crippen molar-refractivity contribution in [3.8, 4) is 0 Å². The molecule has 1 aromatic heterocycles. The number of Topliss-reactive ketones (excluding diaryl/α,β-unsaturated/α-hetero) is 1. The second-order valence-corrected chi connectivity index (χ2v) is 6.15. The van der Waals surface area contributed by atoms with Crippen molar-refractivity contribution in [2.45, 2.75) is 39.5 Å². The SMILES string of the molecule is Cc1nc(CC(=O)CC2CCNCC2)sc1C. The van der Waals surface area contributed by atoms with Gasteiger partial charge in [0, 0.05) is 11.3 Å². The molecule has 1 aliphatic rings. The van der Waals surface area contributed by atoms with Crippen LogP contribution in [0.25, 0.3) is 0 Å². The fraction of sp³-hybridized carbons (Fsp3) is 0.692. The number of hydrogen-bond donors (Lipinski definition) is 1. The van der Waals surface area contributed by atoms with Crippen molar-refractivity contribution >= 4 is 17.1 Å². The van der Waals surface area contributed by atoms with Gasteiger partial charge in [0.2, 0.25) is 0 Å². The lowest BCUT2D eigenvalue weighted by Crippen LogP contribution is -2.29. The van der Waals surface area contributed by atoms with Gasteiger partial charge >= 0.3 is 0 Å². The minimum absolute atomic E-state index is 0.352. The number of rotatable bonds is 4. The van der Waals surface area contributed by atoms with Crippen LogP contribution in [0.5, 0.6) is 0 Å². The molecule has 3 nitrogen and oxygen atoms in total. The number of aryl methyl sites for hydroxylation is 2. The Bertz CT molecular complexity index is 375. The molecular weight excluding hydrogens is 232 g/mol. The number of ketones is 1. The molecule has 1 aromatic rings. The zero-order chi connectivity index (χ0) is 12.3. The van der Waals surface area contributed by atoms with E-state index < -0.39 is 0 Å². The van der Waals surface area contributed by atoms with Crippen molar-refractivity contribution in [2.75, 3.05) is 13.1 Å². The van der Waals surface area contributed by atoms with E-state index in [0.717, 1.165) is 43.1 Å². The van der Waals surface area contributed by atoms with Gasteiger partial charge in [-0.25, -0.2) is 4.98 Å². The molecule has 1 N–H and O–H groups in total.